The topological polar surface area (TPSA) is 95.9 Å². The predicted octanol–water partition coefficient (Wildman–Crippen LogP) is 1.22. The number of likely N-dealkylation sites (N-methyl/N-ethyl adjacent to an activating group) is 1. The molecule has 0 saturated carbocycles. The van der Waals surface area contributed by atoms with Crippen molar-refractivity contribution in [3.05, 3.63) is 0 Å². The lowest BCUT2D eigenvalue weighted by Crippen LogP contribution is -2.46. The van der Waals surface area contributed by atoms with Crippen LogP contribution in [0.2, 0.25) is 0 Å². The number of aliphatic carboxylic acids is 1. The molecule has 116 valence electrons. The molecule has 0 heterocycles. The van der Waals surface area contributed by atoms with Gasteiger partial charge >= 0.3 is 18.0 Å². The van der Waals surface area contributed by atoms with E-state index in [4.69, 9.17) is 9.84 Å². The third kappa shape index (κ3) is 8.34. The molecule has 1 atom stereocenters. The number of carboxylic acids is 1. The van der Waals surface area contributed by atoms with Crippen molar-refractivity contribution < 1.29 is 24.2 Å². The zero-order chi connectivity index (χ0) is 15.5. The zero-order valence-electron chi connectivity index (χ0n) is 12.3. The summed E-state index contributed by atoms with van der Waals surface area (Å²) in [6.07, 6.45) is 1.16. The summed E-state index contributed by atoms with van der Waals surface area (Å²) in [6, 6.07) is -0.485. The van der Waals surface area contributed by atoms with E-state index in [1.807, 2.05) is 0 Å². The molecule has 0 aromatic rings. The number of hydrogen-bond donors (Lipinski definition) is 2. The molecular formula is C13H24N2O5. The van der Waals surface area contributed by atoms with Crippen LogP contribution in [0.4, 0.5) is 4.79 Å². The monoisotopic (exact) mass is 288 g/mol. The van der Waals surface area contributed by atoms with E-state index in [0.717, 1.165) is 0 Å². The number of carbonyl (C=O) groups excluding carboxylic acids is 2. The van der Waals surface area contributed by atoms with Gasteiger partial charge in [0.15, 0.2) is 0 Å². The number of urea groups is 1. The second kappa shape index (κ2) is 10.1. The number of ether oxygens (including phenoxy) is 1. The molecule has 2 N–H and O–H groups in total. The number of carboxylic acid groups (broad SMARTS) is 1. The Morgan fingerprint density at radius 2 is 1.95 bits per heavy atom. The average molecular weight is 288 g/mol. The average Bonchev–Trinajstić information content (AvgIpc) is 2.35. The van der Waals surface area contributed by atoms with Crippen molar-refractivity contribution in [2.75, 3.05) is 19.7 Å². The second-order valence-corrected chi connectivity index (χ2v) is 4.46. The van der Waals surface area contributed by atoms with Crippen molar-refractivity contribution in [2.24, 2.45) is 0 Å². The van der Waals surface area contributed by atoms with Gasteiger partial charge in [-0.1, -0.05) is 0 Å². The molecule has 0 rings (SSSR count). The first-order valence-corrected chi connectivity index (χ1v) is 6.83. The van der Waals surface area contributed by atoms with Gasteiger partial charge in [-0.3, -0.25) is 9.59 Å². The first kappa shape index (κ1) is 18.2. The summed E-state index contributed by atoms with van der Waals surface area (Å²) in [5, 5.41) is 11.3. The molecule has 0 aromatic carbocycles. The van der Waals surface area contributed by atoms with Gasteiger partial charge in [-0.25, -0.2) is 4.79 Å². The Hall–Kier alpha value is -1.79. The van der Waals surface area contributed by atoms with Gasteiger partial charge in [0.1, 0.15) is 6.54 Å². The first-order valence-electron chi connectivity index (χ1n) is 6.83. The van der Waals surface area contributed by atoms with Crippen LogP contribution in [0.25, 0.3) is 0 Å². The Morgan fingerprint density at radius 3 is 2.45 bits per heavy atom. The molecule has 0 fully saturated rings. The molecular weight excluding hydrogens is 264 g/mol. The van der Waals surface area contributed by atoms with Gasteiger partial charge < -0.3 is 20.1 Å². The Labute approximate surface area is 119 Å². The van der Waals surface area contributed by atoms with E-state index < -0.39 is 11.9 Å². The van der Waals surface area contributed by atoms with Crippen LogP contribution in [0.15, 0.2) is 0 Å². The van der Waals surface area contributed by atoms with Gasteiger partial charge in [0.2, 0.25) is 0 Å². The number of carbonyl (C=O) groups is 3. The highest BCUT2D eigenvalue weighted by atomic mass is 16.5. The Bertz CT molecular complexity index is 333. The Kier molecular flexibility index (Phi) is 9.15. The maximum atomic E-state index is 11.9. The Balaban J connectivity index is 4.13. The summed E-state index contributed by atoms with van der Waals surface area (Å²) < 4.78 is 4.79. The van der Waals surface area contributed by atoms with E-state index in [-0.39, 0.29) is 31.6 Å². The summed E-state index contributed by atoms with van der Waals surface area (Å²) in [4.78, 5) is 35.0. The highest BCUT2D eigenvalue weighted by Gasteiger charge is 2.17. The van der Waals surface area contributed by atoms with Gasteiger partial charge in [0.05, 0.1) is 6.61 Å². The van der Waals surface area contributed by atoms with E-state index in [1.165, 1.54) is 4.90 Å². The molecule has 0 saturated heterocycles. The fourth-order valence-electron chi connectivity index (χ4n) is 1.62. The van der Waals surface area contributed by atoms with E-state index in [0.29, 0.717) is 19.4 Å². The lowest BCUT2D eigenvalue weighted by molar-refractivity contribution is -0.143. The van der Waals surface area contributed by atoms with Gasteiger partial charge in [0.25, 0.3) is 0 Å². The predicted molar refractivity (Wildman–Crippen MR) is 73.4 cm³/mol. The molecule has 0 aliphatic rings. The molecule has 0 bridgehead atoms. The van der Waals surface area contributed by atoms with Crippen molar-refractivity contribution in [1.29, 1.82) is 0 Å². The van der Waals surface area contributed by atoms with E-state index in [2.05, 4.69) is 5.32 Å². The van der Waals surface area contributed by atoms with Gasteiger partial charge in [-0.15, -0.1) is 0 Å². The zero-order valence-corrected chi connectivity index (χ0v) is 12.3. The summed E-state index contributed by atoms with van der Waals surface area (Å²) in [7, 11) is 0. The molecule has 7 heteroatoms. The first-order chi connectivity index (χ1) is 9.40. The number of hydrogen-bond acceptors (Lipinski definition) is 4. The van der Waals surface area contributed by atoms with E-state index >= 15 is 0 Å². The van der Waals surface area contributed by atoms with Crippen LogP contribution in [0.3, 0.4) is 0 Å². The molecule has 7 nitrogen and oxygen atoms in total. The molecule has 1 unspecified atom stereocenters. The van der Waals surface area contributed by atoms with Crippen LogP contribution < -0.4 is 5.32 Å². The fraction of sp³-hybridized carbons (Fsp3) is 0.769. The number of rotatable bonds is 9. The molecule has 0 aliphatic heterocycles. The largest absolute Gasteiger partial charge is 0.481 e. The lowest BCUT2D eigenvalue weighted by Gasteiger charge is -2.23. The van der Waals surface area contributed by atoms with Crippen molar-refractivity contribution in [3.8, 4) is 0 Å². The third-order valence-corrected chi connectivity index (χ3v) is 2.69. The minimum absolute atomic E-state index is 0.0839. The van der Waals surface area contributed by atoms with E-state index in [9.17, 15) is 14.4 Å². The smallest absolute Gasteiger partial charge is 0.325 e. The van der Waals surface area contributed by atoms with Gasteiger partial charge in [0, 0.05) is 19.0 Å². The Morgan fingerprint density at radius 1 is 1.30 bits per heavy atom. The van der Waals surface area contributed by atoms with Crippen LogP contribution in [0.1, 0.15) is 40.0 Å². The standard InChI is InChI=1S/C13H24N2O5/c1-4-15(9-12(18)20-5-2)13(19)14-10(3)7-6-8-11(16)17/h10H,4-9H2,1-3H3,(H,14,19)(H,16,17). The van der Waals surface area contributed by atoms with Crippen LogP contribution in [-0.4, -0.2) is 53.7 Å². The number of esters is 1. The van der Waals surface area contributed by atoms with Crippen molar-refractivity contribution in [3.63, 3.8) is 0 Å². The summed E-state index contributed by atoms with van der Waals surface area (Å²) in [5.41, 5.74) is 0. The second-order valence-electron chi connectivity index (χ2n) is 4.46. The SMILES string of the molecule is CCOC(=O)CN(CC)C(=O)NC(C)CCCC(=O)O. The van der Waals surface area contributed by atoms with Gasteiger partial charge in [-0.05, 0) is 33.6 Å². The molecule has 0 aliphatic carbocycles. The van der Waals surface area contributed by atoms with Crippen LogP contribution >= 0.6 is 0 Å². The van der Waals surface area contributed by atoms with Crippen molar-refractivity contribution in [1.82, 2.24) is 10.2 Å². The summed E-state index contributed by atoms with van der Waals surface area (Å²) in [6.45, 7) is 5.87. The number of amides is 2. The van der Waals surface area contributed by atoms with Crippen molar-refractivity contribution >= 4 is 18.0 Å². The molecule has 0 aromatic heterocycles. The fourth-order valence-corrected chi connectivity index (χ4v) is 1.62. The maximum Gasteiger partial charge on any atom is 0.325 e. The summed E-state index contributed by atoms with van der Waals surface area (Å²) >= 11 is 0. The van der Waals surface area contributed by atoms with E-state index in [1.54, 1.807) is 20.8 Å². The lowest BCUT2D eigenvalue weighted by atomic mass is 10.1. The highest BCUT2D eigenvalue weighted by molar-refractivity contribution is 5.81. The molecule has 0 spiro atoms. The quantitative estimate of drug-likeness (QED) is 0.622. The summed E-state index contributed by atoms with van der Waals surface area (Å²) in [5.74, 6) is -1.29. The molecule has 0 radical (unpaired) electrons. The number of nitrogens with one attached hydrogen (secondary N) is 1. The molecule has 20 heavy (non-hydrogen) atoms. The number of nitrogens with zero attached hydrogens (tertiary/aromatic N) is 1. The third-order valence-electron chi connectivity index (χ3n) is 2.69. The molecule has 2 amide bonds. The minimum Gasteiger partial charge on any atom is -0.481 e. The van der Waals surface area contributed by atoms with Gasteiger partial charge in [-0.2, -0.15) is 0 Å². The maximum absolute atomic E-state index is 11.9. The van der Waals surface area contributed by atoms with Crippen LogP contribution in [0, 0.1) is 0 Å². The normalized spacial score (nSPS) is 11.6. The van der Waals surface area contributed by atoms with Crippen LogP contribution in [-0.2, 0) is 14.3 Å². The highest BCUT2D eigenvalue weighted by Crippen LogP contribution is 2.02. The van der Waals surface area contributed by atoms with Crippen LogP contribution in [0.5, 0.6) is 0 Å². The minimum atomic E-state index is -0.846. The van der Waals surface area contributed by atoms with Crippen molar-refractivity contribution in [2.45, 2.75) is 46.1 Å².